The normalized spacial score (nSPS) is 11.2. The maximum Gasteiger partial charge on any atom is 0.261 e. The second-order valence-corrected chi connectivity index (χ2v) is 8.12. The van der Waals surface area contributed by atoms with Crippen molar-refractivity contribution in [3.8, 4) is 0 Å². The number of nitrogens with one attached hydrogen (secondary N) is 2. The average molecular weight is 382 g/mol. The standard InChI is InChI=1S/C21H23N3O2S/c1-4-17-7-5-6-16(3)21(17)23-20-13-10-18(14-22-20)24-27(25,26)19-11-8-15(2)9-12-19/h5-14,24H,4H2,1-3H3,(H,22,23). The lowest BCUT2D eigenvalue weighted by Crippen LogP contribution is -2.13. The maximum absolute atomic E-state index is 12.5. The number of pyridine rings is 1. The van der Waals surface area contributed by atoms with Gasteiger partial charge in [-0.05, 0) is 55.7 Å². The molecule has 0 aliphatic rings. The van der Waals surface area contributed by atoms with Gasteiger partial charge >= 0.3 is 0 Å². The molecular formula is C21H23N3O2S. The van der Waals surface area contributed by atoms with Gasteiger partial charge in [-0.25, -0.2) is 13.4 Å². The Morgan fingerprint density at radius 3 is 2.33 bits per heavy atom. The van der Waals surface area contributed by atoms with Crippen LogP contribution in [0.3, 0.4) is 0 Å². The molecule has 0 spiro atoms. The van der Waals surface area contributed by atoms with E-state index >= 15 is 0 Å². The van der Waals surface area contributed by atoms with Crippen LogP contribution in [0.2, 0.25) is 0 Å². The Hall–Kier alpha value is -2.86. The zero-order valence-electron chi connectivity index (χ0n) is 15.7. The molecule has 1 heterocycles. The second-order valence-electron chi connectivity index (χ2n) is 6.44. The molecule has 0 fully saturated rings. The van der Waals surface area contributed by atoms with Crippen molar-refractivity contribution in [2.75, 3.05) is 10.0 Å². The molecule has 2 N–H and O–H groups in total. The van der Waals surface area contributed by atoms with Crippen LogP contribution in [0, 0.1) is 13.8 Å². The van der Waals surface area contributed by atoms with Gasteiger partial charge in [0.25, 0.3) is 10.0 Å². The zero-order chi connectivity index (χ0) is 19.4. The molecule has 0 saturated carbocycles. The number of benzene rings is 2. The molecule has 0 aliphatic heterocycles. The zero-order valence-corrected chi connectivity index (χ0v) is 16.5. The molecule has 0 atom stereocenters. The van der Waals surface area contributed by atoms with Gasteiger partial charge in [-0.15, -0.1) is 0 Å². The van der Waals surface area contributed by atoms with Gasteiger partial charge in [0, 0.05) is 5.69 Å². The van der Waals surface area contributed by atoms with Gasteiger partial charge in [0.15, 0.2) is 0 Å². The molecule has 1 aromatic heterocycles. The minimum Gasteiger partial charge on any atom is -0.340 e. The van der Waals surface area contributed by atoms with Crippen molar-refractivity contribution in [3.63, 3.8) is 0 Å². The van der Waals surface area contributed by atoms with Gasteiger partial charge in [-0.1, -0.05) is 42.8 Å². The van der Waals surface area contributed by atoms with E-state index in [9.17, 15) is 8.42 Å². The van der Waals surface area contributed by atoms with Crippen molar-refractivity contribution in [3.05, 3.63) is 77.5 Å². The topological polar surface area (TPSA) is 71.1 Å². The van der Waals surface area contributed by atoms with Gasteiger partial charge < -0.3 is 5.32 Å². The molecule has 2 aromatic carbocycles. The number of para-hydroxylation sites is 1. The number of nitrogens with zero attached hydrogens (tertiary/aromatic N) is 1. The van der Waals surface area contributed by atoms with Crippen LogP contribution < -0.4 is 10.0 Å². The molecule has 5 nitrogen and oxygen atoms in total. The predicted octanol–water partition coefficient (Wildman–Crippen LogP) is 4.81. The molecule has 3 aromatic rings. The first-order valence-corrected chi connectivity index (χ1v) is 10.3. The number of hydrogen-bond donors (Lipinski definition) is 2. The smallest absolute Gasteiger partial charge is 0.261 e. The minimum atomic E-state index is -3.63. The third-order valence-corrected chi connectivity index (χ3v) is 5.74. The summed E-state index contributed by atoms with van der Waals surface area (Å²) in [5, 5.41) is 3.33. The molecule has 0 radical (unpaired) electrons. The molecule has 0 bridgehead atoms. The number of aromatic nitrogens is 1. The third-order valence-electron chi connectivity index (χ3n) is 4.34. The summed E-state index contributed by atoms with van der Waals surface area (Å²) in [7, 11) is -3.63. The lowest BCUT2D eigenvalue weighted by Gasteiger charge is -2.14. The van der Waals surface area contributed by atoms with Crippen LogP contribution in [-0.2, 0) is 16.4 Å². The number of aryl methyl sites for hydroxylation is 3. The van der Waals surface area contributed by atoms with Crippen LogP contribution in [0.15, 0.2) is 65.7 Å². The quantitative estimate of drug-likeness (QED) is 0.643. The summed E-state index contributed by atoms with van der Waals surface area (Å²) in [5.41, 5.74) is 4.82. The highest BCUT2D eigenvalue weighted by molar-refractivity contribution is 7.92. The van der Waals surface area contributed by atoms with Crippen LogP contribution >= 0.6 is 0 Å². The van der Waals surface area contributed by atoms with Gasteiger partial charge in [-0.3, -0.25) is 4.72 Å². The second kappa shape index (κ2) is 7.80. The highest BCUT2D eigenvalue weighted by Crippen LogP contribution is 2.25. The third kappa shape index (κ3) is 4.46. The van der Waals surface area contributed by atoms with Crippen LogP contribution in [-0.4, -0.2) is 13.4 Å². The molecule has 6 heteroatoms. The molecule has 140 valence electrons. The minimum absolute atomic E-state index is 0.225. The largest absolute Gasteiger partial charge is 0.340 e. The number of hydrogen-bond acceptors (Lipinski definition) is 4. The van der Waals surface area contributed by atoms with Crippen molar-refractivity contribution in [1.82, 2.24) is 4.98 Å². The van der Waals surface area contributed by atoms with Crippen molar-refractivity contribution in [2.24, 2.45) is 0 Å². The van der Waals surface area contributed by atoms with Gasteiger partial charge in [-0.2, -0.15) is 0 Å². The summed E-state index contributed by atoms with van der Waals surface area (Å²) < 4.78 is 27.5. The maximum atomic E-state index is 12.5. The average Bonchev–Trinajstić information content (AvgIpc) is 2.65. The number of rotatable bonds is 6. The van der Waals surface area contributed by atoms with E-state index in [-0.39, 0.29) is 4.90 Å². The van der Waals surface area contributed by atoms with Crippen molar-refractivity contribution in [1.29, 1.82) is 0 Å². The Kier molecular flexibility index (Phi) is 5.46. The predicted molar refractivity (Wildman–Crippen MR) is 110 cm³/mol. The van der Waals surface area contributed by atoms with Crippen LogP contribution in [0.5, 0.6) is 0 Å². The van der Waals surface area contributed by atoms with E-state index in [0.717, 1.165) is 23.2 Å². The summed E-state index contributed by atoms with van der Waals surface area (Å²) in [6, 6.07) is 16.3. The monoisotopic (exact) mass is 381 g/mol. The first-order valence-electron chi connectivity index (χ1n) is 8.80. The highest BCUT2D eigenvalue weighted by Gasteiger charge is 2.14. The van der Waals surface area contributed by atoms with Crippen LogP contribution in [0.25, 0.3) is 0 Å². The van der Waals surface area contributed by atoms with Gasteiger partial charge in [0.1, 0.15) is 5.82 Å². The molecule has 0 aliphatic carbocycles. The number of sulfonamides is 1. The molecule has 3 rings (SSSR count). The van der Waals surface area contributed by atoms with Gasteiger partial charge in [0.05, 0.1) is 16.8 Å². The van der Waals surface area contributed by atoms with E-state index in [2.05, 4.69) is 28.0 Å². The fraction of sp³-hybridized carbons (Fsp3) is 0.190. The van der Waals surface area contributed by atoms with E-state index in [1.54, 1.807) is 36.4 Å². The summed E-state index contributed by atoms with van der Waals surface area (Å²) in [4.78, 5) is 4.57. The fourth-order valence-corrected chi connectivity index (χ4v) is 3.83. The molecule has 0 amide bonds. The number of anilines is 3. The molecule has 0 saturated heterocycles. The molecule has 27 heavy (non-hydrogen) atoms. The van der Waals surface area contributed by atoms with E-state index in [0.29, 0.717) is 11.5 Å². The Morgan fingerprint density at radius 2 is 1.70 bits per heavy atom. The van der Waals surface area contributed by atoms with E-state index in [1.165, 1.54) is 11.8 Å². The highest BCUT2D eigenvalue weighted by atomic mass is 32.2. The molecular weight excluding hydrogens is 358 g/mol. The SMILES string of the molecule is CCc1cccc(C)c1Nc1ccc(NS(=O)(=O)c2ccc(C)cc2)cn1. The van der Waals surface area contributed by atoms with Gasteiger partial charge in [0.2, 0.25) is 0 Å². The lowest BCUT2D eigenvalue weighted by atomic mass is 10.1. The Balaban J connectivity index is 1.77. The first kappa shape index (κ1) is 18.9. The summed E-state index contributed by atoms with van der Waals surface area (Å²) in [6.45, 7) is 6.07. The van der Waals surface area contributed by atoms with E-state index < -0.39 is 10.0 Å². The van der Waals surface area contributed by atoms with Crippen molar-refractivity contribution < 1.29 is 8.42 Å². The Morgan fingerprint density at radius 1 is 0.963 bits per heavy atom. The summed E-state index contributed by atoms with van der Waals surface area (Å²) in [5.74, 6) is 0.664. The van der Waals surface area contributed by atoms with E-state index in [1.807, 2.05) is 26.0 Å². The van der Waals surface area contributed by atoms with Crippen molar-refractivity contribution >= 4 is 27.2 Å². The van der Waals surface area contributed by atoms with Crippen LogP contribution in [0.1, 0.15) is 23.6 Å². The van der Waals surface area contributed by atoms with Crippen LogP contribution in [0.4, 0.5) is 17.2 Å². The Labute approximate surface area is 160 Å². The lowest BCUT2D eigenvalue weighted by molar-refractivity contribution is 0.601. The summed E-state index contributed by atoms with van der Waals surface area (Å²) >= 11 is 0. The summed E-state index contributed by atoms with van der Waals surface area (Å²) in [6.07, 6.45) is 2.43. The molecule has 0 unspecified atom stereocenters. The Bertz CT molecular complexity index is 1030. The fourth-order valence-electron chi connectivity index (χ4n) is 2.79. The first-order chi connectivity index (χ1) is 12.9. The van der Waals surface area contributed by atoms with Crippen molar-refractivity contribution in [2.45, 2.75) is 32.1 Å². The van der Waals surface area contributed by atoms with E-state index in [4.69, 9.17) is 0 Å².